The molecule has 3 rings (SSSR count). The second-order valence-electron chi connectivity index (χ2n) is 5.83. The summed E-state index contributed by atoms with van der Waals surface area (Å²) < 4.78 is 4.40. The number of alkyl halides is 2. The summed E-state index contributed by atoms with van der Waals surface area (Å²) in [5, 5.41) is 0. The Kier molecular flexibility index (Phi) is 4.34. The highest BCUT2D eigenvalue weighted by Gasteiger charge is 2.52. The molecule has 1 aliphatic carbocycles. The van der Waals surface area contributed by atoms with Gasteiger partial charge in [0.1, 0.15) is 4.33 Å². The van der Waals surface area contributed by atoms with Crippen LogP contribution in [0.25, 0.3) is 0 Å². The van der Waals surface area contributed by atoms with Gasteiger partial charge in [-0.15, -0.1) is 23.2 Å². The first-order valence-corrected chi connectivity index (χ1v) is 8.09. The lowest BCUT2D eigenvalue weighted by atomic mass is 10.1. The number of amides is 2. The molecule has 122 valence electrons. The second kappa shape index (κ2) is 6.13. The largest absolute Gasteiger partial charge is 0.462 e. The molecule has 2 amide bonds. The van der Waals surface area contributed by atoms with E-state index in [2.05, 4.69) is 0 Å². The molecule has 0 N–H and O–H groups in total. The van der Waals surface area contributed by atoms with Crippen molar-refractivity contribution in [2.45, 2.75) is 30.1 Å². The molecule has 1 unspecified atom stereocenters. The van der Waals surface area contributed by atoms with Crippen LogP contribution in [0.15, 0.2) is 24.3 Å². The summed E-state index contributed by atoms with van der Waals surface area (Å²) >= 11 is 11.8. The molecule has 2 fully saturated rings. The van der Waals surface area contributed by atoms with Gasteiger partial charge in [0.2, 0.25) is 11.8 Å². The van der Waals surface area contributed by atoms with E-state index in [9.17, 15) is 14.4 Å². The number of carbonyl (C=O) groups is 3. The monoisotopic (exact) mass is 355 g/mol. The number of benzene rings is 1. The first-order valence-electron chi connectivity index (χ1n) is 7.34. The molecule has 2 aliphatic rings. The molecule has 23 heavy (non-hydrogen) atoms. The molecule has 1 atom stereocenters. The lowest BCUT2D eigenvalue weighted by molar-refractivity contribution is -0.139. The van der Waals surface area contributed by atoms with Crippen LogP contribution in [-0.2, 0) is 20.9 Å². The molecule has 1 saturated heterocycles. The van der Waals surface area contributed by atoms with Gasteiger partial charge < -0.3 is 4.74 Å². The molecule has 7 heteroatoms. The molecule has 1 saturated carbocycles. The van der Waals surface area contributed by atoms with Crippen LogP contribution in [0.1, 0.15) is 35.2 Å². The SMILES string of the molecule is O=C(OCC1CC1(Cl)Cl)c1ccc(CN2C(=O)CCC2=O)cc1. The van der Waals surface area contributed by atoms with Gasteiger partial charge in [0, 0.05) is 18.8 Å². The predicted molar refractivity (Wildman–Crippen MR) is 84.1 cm³/mol. The van der Waals surface area contributed by atoms with Crippen LogP contribution >= 0.6 is 23.2 Å². The van der Waals surface area contributed by atoms with Crippen molar-refractivity contribution in [3.05, 3.63) is 35.4 Å². The van der Waals surface area contributed by atoms with Crippen molar-refractivity contribution in [3.63, 3.8) is 0 Å². The summed E-state index contributed by atoms with van der Waals surface area (Å²) in [4.78, 5) is 36.3. The lowest BCUT2D eigenvalue weighted by Crippen LogP contribution is -2.28. The summed E-state index contributed by atoms with van der Waals surface area (Å²) in [6.45, 7) is 0.431. The molecule has 0 aromatic heterocycles. The van der Waals surface area contributed by atoms with Crippen LogP contribution in [0.5, 0.6) is 0 Å². The third-order valence-electron chi connectivity index (χ3n) is 4.06. The number of imide groups is 1. The quantitative estimate of drug-likeness (QED) is 0.462. The zero-order chi connectivity index (χ0) is 16.6. The van der Waals surface area contributed by atoms with Crippen molar-refractivity contribution in [3.8, 4) is 0 Å². The summed E-state index contributed by atoms with van der Waals surface area (Å²) in [5.74, 6) is -0.774. The number of carbonyl (C=O) groups excluding carboxylic acids is 3. The van der Waals surface area contributed by atoms with Crippen LogP contribution in [0, 0.1) is 5.92 Å². The third kappa shape index (κ3) is 3.67. The van der Waals surface area contributed by atoms with Crippen molar-refractivity contribution < 1.29 is 19.1 Å². The Bertz CT molecular complexity index is 641. The third-order valence-corrected chi connectivity index (χ3v) is 4.98. The number of hydrogen-bond donors (Lipinski definition) is 0. The maximum atomic E-state index is 11.9. The Morgan fingerprint density at radius 1 is 1.17 bits per heavy atom. The minimum Gasteiger partial charge on any atom is -0.462 e. The normalized spacial score (nSPS) is 22.3. The maximum Gasteiger partial charge on any atom is 0.338 e. The van der Waals surface area contributed by atoms with E-state index in [1.54, 1.807) is 24.3 Å². The van der Waals surface area contributed by atoms with Crippen molar-refractivity contribution in [2.75, 3.05) is 6.61 Å². The average molecular weight is 356 g/mol. The average Bonchev–Trinajstić information content (AvgIpc) is 3.03. The summed E-state index contributed by atoms with van der Waals surface area (Å²) in [6.07, 6.45) is 1.17. The number of ether oxygens (including phenoxy) is 1. The van der Waals surface area contributed by atoms with Crippen LogP contribution in [0.3, 0.4) is 0 Å². The molecule has 1 aromatic carbocycles. The highest BCUT2D eigenvalue weighted by molar-refractivity contribution is 6.50. The van der Waals surface area contributed by atoms with E-state index in [4.69, 9.17) is 27.9 Å². The summed E-state index contributed by atoms with van der Waals surface area (Å²) in [7, 11) is 0. The zero-order valence-corrected chi connectivity index (χ0v) is 13.8. The van der Waals surface area contributed by atoms with E-state index >= 15 is 0 Å². The van der Waals surface area contributed by atoms with Crippen molar-refractivity contribution in [1.82, 2.24) is 4.90 Å². The minimum atomic E-state index is -0.765. The standard InChI is InChI=1S/C16H15Cl2NO4/c17-16(18)7-12(16)9-23-15(22)11-3-1-10(2-4-11)8-19-13(20)5-6-14(19)21/h1-4,12H,5-9H2. The van der Waals surface area contributed by atoms with Gasteiger partial charge in [-0.25, -0.2) is 4.79 Å². The highest BCUT2D eigenvalue weighted by atomic mass is 35.5. The van der Waals surface area contributed by atoms with Gasteiger partial charge in [-0.2, -0.15) is 0 Å². The van der Waals surface area contributed by atoms with Crippen molar-refractivity contribution in [1.29, 1.82) is 0 Å². The van der Waals surface area contributed by atoms with E-state index in [1.807, 2.05) is 0 Å². The Balaban J connectivity index is 1.55. The van der Waals surface area contributed by atoms with Crippen LogP contribution in [0.4, 0.5) is 0 Å². The van der Waals surface area contributed by atoms with Crippen molar-refractivity contribution in [2.24, 2.45) is 5.92 Å². The maximum absolute atomic E-state index is 11.9. The van der Waals surface area contributed by atoms with E-state index in [0.29, 0.717) is 12.0 Å². The van der Waals surface area contributed by atoms with Crippen LogP contribution in [-0.4, -0.2) is 33.6 Å². The van der Waals surface area contributed by atoms with E-state index in [-0.39, 0.29) is 43.7 Å². The predicted octanol–water partition coefficient (Wildman–Crippen LogP) is 2.69. The fourth-order valence-corrected chi connectivity index (χ4v) is 2.94. The molecule has 0 bridgehead atoms. The number of nitrogens with zero attached hydrogens (tertiary/aromatic N) is 1. The lowest BCUT2D eigenvalue weighted by Gasteiger charge is -2.13. The molecular formula is C16H15Cl2NO4. The molecule has 1 aliphatic heterocycles. The van der Waals surface area contributed by atoms with Gasteiger partial charge in [-0.05, 0) is 24.1 Å². The summed E-state index contributed by atoms with van der Waals surface area (Å²) in [5.41, 5.74) is 1.19. The Hall–Kier alpha value is -1.59. The number of rotatable bonds is 5. The van der Waals surface area contributed by atoms with Gasteiger partial charge >= 0.3 is 5.97 Å². The number of esters is 1. The van der Waals surface area contributed by atoms with Gasteiger partial charge in [-0.1, -0.05) is 12.1 Å². The van der Waals surface area contributed by atoms with E-state index in [0.717, 1.165) is 5.56 Å². The molecule has 0 radical (unpaired) electrons. The number of halogens is 2. The van der Waals surface area contributed by atoms with E-state index < -0.39 is 10.3 Å². The number of hydrogen-bond acceptors (Lipinski definition) is 4. The Morgan fingerprint density at radius 2 is 1.74 bits per heavy atom. The van der Waals surface area contributed by atoms with Gasteiger partial charge in [0.15, 0.2) is 0 Å². The number of likely N-dealkylation sites (tertiary alicyclic amines) is 1. The summed E-state index contributed by atoms with van der Waals surface area (Å²) in [6, 6.07) is 6.65. The molecule has 1 heterocycles. The minimum absolute atomic E-state index is 0.0127. The topological polar surface area (TPSA) is 63.7 Å². The fourth-order valence-electron chi connectivity index (χ4n) is 2.44. The fraction of sp³-hybridized carbons (Fsp3) is 0.438. The first kappa shape index (κ1) is 16.3. The van der Waals surface area contributed by atoms with Crippen LogP contribution < -0.4 is 0 Å². The first-order chi connectivity index (χ1) is 10.9. The zero-order valence-electron chi connectivity index (χ0n) is 12.3. The van der Waals surface area contributed by atoms with E-state index in [1.165, 1.54) is 4.90 Å². The molecule has 1 aromatic rings. The highest BCUT2D eigenvalue weighted by Crippen LogP contribution is 2.53. The second-order valence-corrected chi connectivity index (χ2v) is 7.37. The van der Waals surface area contributed by atoms with Gasteiger partial charge in [0.05, 0.1) is 18.7 Å². The van der Waals surface area contributed by atoms with Crippen molar-refractivity contribution >= 4 is 41.0 Å². The van der Waals surface area contributed by atoms with Gasteiger partial charge in [-0.3, -0.25) is 14.5 Å². The van der Waals surface area contributed by atoms with Crippen LogP contribution in [0.2, 0.25) is 0 Å². The Morgan fingerprint density at radius 3 is 2.26 bits per heavy atom. The van der Waals surface area contributed by atoms with Gasteiger partial charge in [0.25, 0.3) is 0 Å². The Labute approximate surface area is 143 Å². The molecule has 5 nitrogen and oxygen atoms in total. The molecular weight excluding hydrogens is 341 g/mol. The smallest absolute Gasteiger partial charge is 0.338 e. The molecule has 0 spiro atoms.